The average Bonchev–Trinajstić information content (AvgIpc) is 2.56. The minimum absolute atomic E-state index is 0.152. The zero-order chi connectivity index (χ0) is 17.4. The van der Waals surface area contributed by atoms with Gasteiger partial charge in [0.05, 0.1) is 6.61 Å². The van der Waals surface area contributed by atoms with Crippen LogP contribution < -0.4 is 15.7 Å². The Bertz CT molecular complexity index is 772. The van der Waals surface area contributed by atoms with Crippen molar-refractivity contribution < 1.29 is 19.1 Å². The third kappa shape index (κ3) is 5.24. The highest BCUT2D eigenvalue weighted by atomic mass is 16.6. The molecule has 1 heterocycles. The van der Waals surface area contributed by atoms with Crippen LogP contribution in [0.15, 0.2) is 47.5 Å². The van der Waals surface area contributed by atoms with E-state index in [9.17, 15) is 14.4 Å². The van der Waals surface area contributed by atoms with Gasteiger partial charge in [-0.25, -0.2) is 14.6 Å². The Morgan fingerprint density at radius 2 is 2.12 bits per heavy atom. The van der Waals surface area contributed by atoms with Gasteiger partial charge in [0.2, 0.25) is 5.91 Å². The number of aromatic nitrogens is 2. The maximum Gasteiger partial charge on any atom is 0.347 e. The molecule has 0 atom stereocenters. The van der Waals surface area contributed by atoms with Crippen molar-refractivity contribution in [2.24, 2.45) is 0 Å². The molecule has 0 unspecified atom stereocenters. The molecule has 0 bridgehead atoms. The standard InChI is InChI=1S/C16H17N3O5/c1-2-23-15(21)11-24-13-6-3-5-12(9-13)18-14(20)10-19-8-4-7-17-16(19)22/h3-9H,2,10-11H2,1H3,(H,18,20). The van der Waals surface area contributed by atoms with Crippen LogP contribution in [0.4, 0.5) is 5.69 Å². The highest BCUT2D eigenvalue weighted by Gasteiger charge is 2.07. The van der Waals surface area contributed by atoms with Crippen LogP contribution in [0, 0.1) is 0 Å². The molecule has 126 valence electrons. The van der Waals surface area contributed by atoms with E-state index in [1.54, 1.807) is 37.3 Å². The summed E-state index contributed by atoms with van der Waals surface area (Å²) in [7, 11) is 0. The smallest absolute Gasteiger partial charge is 0.347 e. The van der Waals surface area contributed by atoms with E-state index < -0.39 is 11.7 Å². The van der Waals surface area contributed by atoms with Crippen molar-refractivity contribution in [2.45, 2.75) is 13.5 Å². The van der Waals surface area contributed by atoms with Crippen molar-refractivity contribution >= 4 is 17.6 Å². The normalized spacial score (nSPS) is 10.0. The summed E-state index contributed by atoms with van der Waals surface area (Å²) in [6, 6.07) is 8.13. The third-order valence-electron chi connectivity index (χ3n) is 2.88. The number of anilines is 1. The van der Waals surface area contributed by atoms with Crippen molar-refractivity contribution in [3.63, 3.8) is 0 Å². The largest absolute Gasteiger partial charge is 0.482 e. The van der Waals surface area contributed by atoms with E-state index in [1.807, 2.05) is 0 Å². The summed E-state index contributed by atoms with van der Waals surface area (Å²) in [4.78, 5) is 38.3. The van der Waals surface area contributed by atoms with Gasteiger partial charge >= 0.3 is 11.7 Å². The van der Waals surface area contributed by atoms with Gasteiger partial charge in [-0.3, -0.25) is 9.36 Å². The fourth-order valence-electron chi connectivity index (χ4n) is 1.87. The molecule has 0 fully saturated rings. The number of benzene rings is 1. The van der Waals surface area contributed by atoms with E-state index in [0.29, 0.717) is 11.4 Å². The van der Waals surface area contributed by atoms with Gasteiger partial charge in [0.1, 0.15) is 12.3 Å². The maximum absolute atomic E-state index is 12.0. The Balaban J connectivity index is 1.94. The summed E-state index contributed by atoms with van der Waals surface area (Å²) in [5.41, 5.74) is -0.0162. The number of esters is 1. The molecule has 0 saturated carbocycles. The molecule has 2 rings (SSSR count). The Morgan fingerprint density at radius 3 is 2.88 bits per heavy atom. The van der Waals surface area contributed by atoms with Gasteiger partial charge in [-0.1, -0.05) is 6.07 Å². The SMILES string of the molecule is CCOC(=O)COc1cccc(NC(=O)Cn2cccnc2=O)c1. The highest BCUT2D eigenvalue weighted by Crippen LogP contribution is 2.17. The Morgan fingerprint density at radius 1 is 1.29 bits per heavy atom. The van der Waals surface area contributed by atoms with Crippen molar-refractivity contribution in [1.82, 2.24) is 9.55 Å². The number of ether oxygens (including phenoxy) is 2. The second-order valence-corrected chi connectivity index (χ2v) is 4.70. The molecule has 1 aromatic heterocycles. The second-order valence-electron chi connectivity index (χ2n) is 4.70. The lowest BCUT2D eigenvalue weighted by molar-refractivity contribution is -0.145. The lowest BCUT2D eigenvalue weighted by Crippen LogP contribution is -2.28. The molecule has 1 N–H and O–H groups in total. The molecule has 24 heavy (non-hydrogen) atoms. The first-order chi connectivity index (χ1) is 11.6. The summed E-state index contributed by atoms with van der Waals surface area (Å²) in [5.74, 6) is -0.435. The predicted octanol–water partition coefficient (Wildman–Crippen LogP) is 0.824. The number of hydrogen-bond acceptors (Lipinski definition) is 6. The van der Waals surface area contributed by atoms with Crippen LogP contribution in [-0.4, -0.2) is 34.6 Å². The molecule has 0 saturated heterocycles. The van der Waals surface area contributed by atoms with E-state index in [1.165, 1.54) is 17.0 Å². The topological polar surface area (TPSA) is 99.5 Å². The lowest BCUT2D eigenvalue weighted by atomic mass is 10.3. The molecule has 0 radical (unpaired) electrons. The van der Waals surface area contributed by atoms with Gasteiger partial charge in [-0.15, -0.1) is 0 Å². The Labute approximate surface area is 138 Å². The van der Waals surface area contributed by atoms with E-state index >= 15 is 0 Å². The van der Waals surface area contributed by atoms with Crippen LogP contribution in [0.5, 0.6) is 5.75 Å². The first kappa shape index (κ1) is 17.2. The van der Waals surface area contributed by atoms with Crippen molar-refractivity contribution in [1.29, 1.82) is 0 Å². The van der Waals surface area contributed by atoms with Crippen molar-refractivity contribution in [3.8, 4) is 5.75 Å². The van der Waals surface area contributed by atoms with Gasteiger partial charge in [-0.05, 0) is 25.1 Å². The number of nitrogens with one attached hydrogen (secondary N) is 1. The Hall–Kier alpha value is -3.16. The number of carbonyl (C=O) groups excluding carboxylic acids is 2. The molecule has 8 nitrogen and oxygen atoms in total. The minimum Gasteiger partial charge on any atom is -0.482 e. The first-order valence-electron chi connectivity index (χ1n) is 7.28. The monoisotopic (exact) mass is 331 g/mol. The maximum atomic E-state index is 12.0. The number of carbonyl (C=O) groups is 2. The van der Waals surface area contributed by atoms with Crippen LogP contribution in [0.3, 0.4) is 0 Å². The summed E-state index contributed by atoms with van der Waals surface area (Å²) >= 11 is 0. The highest BCUT2D eigenvalue weighted by molar-refractivity contribution is 5.90. The van der Waals surface area contributed by atoms with Gasteiger partial charge < -0.3 is 14.8 Å². The lowest BCUT2D eigenvalue weighted by Gasteiger charge is -2.09. The molecule has 2 aromatic rings. The fourth-order valence-corrected chi connectivity index (χ4v) is 1.87. The van der Waals surface area contributed by atoms with E-state index in [0.717, 1.165) is 0 Å². The van der Waals surface area contributed by atoms with Gasteiger partial charge in [-0.2, -0.15) is 0 Å². The van der Waals surface area contributed by atoms with Crippen LogP contribution in [0.2, 0.25) is 0 Å². The predicted molar refractivity (Wildman–Crippen MR) is 85.7 cm³/mol. The van der Waals surface area contributed by atoms with Crippen LogP contribution >= 0.6 is 0 Å². The zero-order valence-electron chi connectivity index (χ0n) is 13.1. The molecular weight excluding hydrogens is 314 g/mol. The zero-order valence-corrected chi connectivity index (χ0v) is 13.1. The summed E-state index contributed by atoms with van der Waals surface area (Å²) in [6.45, 7) is 1.63. The molecule has 0 spiro atoms. The molecule has 0 aliphatic carbocycles. The van der Waals surface area contributed by atoms with Crippen LogP contribution in [0.25, 0.3) is 0 Å². The molecular formula is C16H17N3O5. The molecule has 0 aliphatic rings. The second kappa shape index (κ2) is 8.47. The quantitative estimate of drug-likeness (QED) is 0.754. The van der Waals surface area contributed by atoms with Crippen LogP contribution in [0.1, 0.15) is 6.92 Å². The fraction of sp³-hybridized carbons (Fsp3) is 0.250. The Kier molecular flexibility index (Phi) is 6.07. The van der Waals surface area contributed by atoms with Gasteiger partial charge in [0.25, 0.3) is 0 Å². The van der Waals surface area contributed by atoms with E-state index in [-0.39, 0.29) is 25.7 Å². The number of hydrogen-bond donors (Lipinski definition) is 1. The molecule has 1 amide bonds. The van der Waals surface area contributed by atoms with Gasteiger partial charge in [0.15, 0.2) is 6.61 Å². The first-order valence-corrected chi connectivity index (χ1v) is 7.28. The minimum atomic E-state index is -0.501. The van der Waals surface area contributed by atoms with Crippen molar-refractivity contribution in [2.75, 3.05) is 18.5 Å². The summed E-state index contributed by atoms with van der Waals surface area (Å²) in [6.07, 6.45) is 2.84. The van der Waals surface area contributed by atoms with E-state index in [2.05, 4.69) is 10.3 Å². The molecule has 8 heteroatoms. The van der Waals surface area contributed by atoms with E-state index in [4.69, 9.17) is 9.47 Å². The summed E-state index contributed by atoms with van der Waals surface area (Å²) < 4.78 is 11.2. The van der Waals surface area contributed by atoms with Gasteiger partial charge in [0, 0.05) is 24.1 Å². The number of rotatable bonds is 7. The summed E-state index contributed by atoms with van der Waals surface area (Å²) in [5, 5.41) is 2.65. The third-order valence-corrected chi connectivity index (χ3v) is 2.88. The molecule has 1 aromatic carbocycles. The average molecular weight is 331 g/mol. The number of amides is 1. The number of nitrogens with zero attached hydrogens (tertiary/aromatic N) is 2. The van der Waals surface area contributed by atoms with Crippen molar-refractivity contribution in [3.05, 3.63) is 53.2 Å². The van der Waals surface area contributed by atoms with Crippen LogP contribution in [-0.2, 0) is 20.9 Å². The molecule has 0 aliphatic heterocycles.